The van der Waals surface area contributed by atoms with E-state index < -0.39 is 31.8 Å². The molecule has 0 amide bonds. The van der Waals surface area contributed by atoms with Gasteiger partial charge in [0, 0.05) is 36.3 Å². The first-order chi connectivity index (χ1) is 19.2. The summed E-state index contributed by atoms with van der Waals surface area (Å²) in [6.45, 7) is 7.12. The van der Waals surface area contributed by atoms with Crippen LogP contribution in [-0.4, -0.2) is 41.1 Å². The topological polar surface area (TPSA) is 121 Å². The Bertz CT molecular complexity index is 1520. The number of fused-ring (bicyclic) bond motifs is 3. The number of methoxy groups -OCH3 is 1. The molecule has 4 rings (SSSR count). The Labute approximate surface area is 233 Å². The quantitative estimate of drug-likeness (QED) is 0.141. The van der Waals surface area contributed by atoms with Crippen LogP contribution < -0.4 is 20.2 Å². The lowest BCUT2D eigenvalue weighted by Gasteiger charge is -2.27. The number of rotatable bonds is 12. The fourth-order valence-corrected chi connectivity index (χ4v) is 6.57. The Morgan fingerprint density at radius 2 is 1.55 bits per heavy atom. The van der Waals surface area contributed by atoms with Crippen LogP contribution in [0.1, 0.15) is 46.1 Å². The van der Waals surface area contributed by atoms with Crippen molar-refractivity contribution >= 4 is 46.6 Å². The lowest BCUT2D eigenvalue weighted by Crippen LogP contribution is -2.41. The third kappa shape index (κ3) is 6.53. The maximum atomic E-state index is 14.2. The second-order valence-corrected chi connectivity index (χ2v) is 11.6. The van der Waals surface area contributed by atoms with Gasteiger partial charge in [0.1, 0.15) is 5.75 Å². The van der Waals surface area contributed by atoms with E-state index in [0.717, 1.165) is 33.2 Å². The molecule has 4 aromatic rings. The monoisotopic (exact) mass is 566 g/mol. The highest BCUT2D eigenvalue weighted by molar-refractivity contribution is 7.67. The fraction of sp³-hybridized carbons (Fsp3) is 0.345. The van der Waals surface area contributed by atoms with Gasteiger partial charge in [-0.05, 0) is 61.9 Å². The third-order valence-corrected chi connectivity index (χ3v) is 8.87. The number of carbonyl (C=O) groups is 2. The molecule has 2 aromatic carbocycles. The summed E-state index contributed by atoms with van der Waals surface area (Å²) < 4.78 is 32.4. The predicted molar refractivity (Wildman–Crippen MR) is 155 cm³/mol. The molecule has 0 aliphatic heterocycles. The van der Waals surface area contributed by atoms with Crippen LogP contribution in [0.5, 0.6) is 5.75 Å². The third-order valence-electron chi connectivity index (χ3n) is 6.39. The van der Waals surface area contributed by atoms with E-state index in [-0.39, 0.29) is 12.8 Å². The molecule has 0 fully saturated rings. The minimum atomic E-state index is -3.58. The number of esters is 2. The summed E-state index contributed by atoms with van der Waals surface area (Å²) in [5.74, 6) is -0.0914. The first kappa shape index (κ1) is 29.3. The highest BCUT2D eigenvalue weighted by Gasteiger charge is 2.30. The van der Waals surface area contributed by atoms with Crippen LogP contribution >= 0.6 is 7.44 Å². The number of nitrogens with zero attached hydrogens (tertiary/aromatic N) is 2. The average molecular weight is 567 g/mol. The Kier molecular flexibility index (Phi) is 9.25. The molecule has 2 atom stereocenters. The maximum absolute atomic E-state index is 14.2. The Hall–Kier alpha value is -3.72. The van der Waals surface area contributed by atoms with E-state index in [0.29, 0.717) is 11.8 Å². The molecule has 2 heterocycles. The van der Waals surface area contributed by atoms with Gasteiger partial charge >= 0.3 is 11.9 Å². The van der Waals surface area contributed by atoms with Crippen molar-refractivity contribution in [3.05, 3.63) is 66.4 Å². The van der Waals surface area contributed by atoms with Gasteiger partial charge in [0.2, 0.25) is 7.44 Å². The number of carbonyl (C=O) groups excluding carboxylic acids is 2. The van der Waals surface area contributed by atoms with Crippen molar-refractivity contribution in [1.82, 2.24) is 19.7 Å². The van der Waals surface area contributed by atoms with Crippen LogP contribution in [0.4, 0.5) is 0 Å². The lowest BCUT2D eigenvalue weighted by atomic mass is 10.2. The highest BCUT2D eigenvalue weighted by Crippen LogP contribution is 2.37. The summed E-state index contributed by atoms with van der Waals surface area (Å²) in [6, 6.07) is 17.2. The van der Waals surface area contributed by atoms with Crippen LogP contribution in [0.2, 0.25) is 0 Å². The van der Waals surface area contributed by atoms with Crippen molar-refractivity contribution in [1.29, 1.82) is 0 Å². The molecular weight excluding hydrogens is 531 g/mol. The highest BCUT2D eigenvalue weighted by atomic mass is 31.2. The molecule has 10 nitrogen and oxygen atoms in total. The number of hydrogen-bond acceptors (Lipinski definition) is 7. The fourth-order valence-electron chi connectivity index (χ4n) is 4.50. The van der Waals surface area contributed by atoms with Crippen molar-refractivity contribution in [3.63, 3.8) is 0 Å². The largest absolute Gasteiger partial charge is 0.497 e. The Morgan fingerprint density at radius 1 is 0.925 bits per heavy atom. The summed E-state index contributed by atoms with van der Waals surface area (Å²) >= 11 is 0. The second-order valence-electron chi connectivity index (χ2n) is 9.35. The molecule has 2 aromatic heterocycles. The van der Waals surface area contributed by atoms with Gasteiger partial charge in [0.05, 0.1) is 23.7 Å². The van der Waals surface area contributed by atoms with E-state index in [4.69, 9.17) is 14.2 Å². The second kappa shape index (κ2) is 12.6. The van der Waals surface area contributed by atoms with Crippen LogP contribution in [0.25, 0.3) is 21.9 Å². The van der Waals surface area contributed by atoms with Gasteiger partial charge in [-0.15, -0.1) is 0 Å². The van der Waals surface area contributed by atoms with E-state index in [2.05, 4.69) is 19.7 Å². The van der Waals surface area contributed by atoms with Crippen molar-refractivity contribution in [2.75, 3.05) is 7.11 Å². The lowest BCUT2D eigenvalue weighted by molar-refractivity contribution is -0.148. The zero-order valence-electron chi connectivity index (χ0n) is 23.3. The van der Waals surface area contributed by atoms with E-state index in [9.17, 15) is 14.2 Å². The van der Waals surface area contributed by atoms with Gasteiger partial charge in [-0.3, -0.25) is 19.1 Å². The summed E-state index contributed by atoms with van der Waals surface area (Å²) in [5.41, 5.74) is 3.87. The molecular formula is C29H35N4O6P. The number of aromatic nitrogens is 2. The number of pyridine rings is 1. The summed E-state index contributed by atoms with van der Waals surface area (Å²) in [7, 11) is -1.94. The van der Waals surface area contributed by atoms with Gasteiger partial charge in [0.25, 0.3) is 0 Å². The molecule has 0 saturated carbocycles. The Morgan fingerprint density at radius 3 is 2.12 bits per heavy atom. The molecule has 0 saturated heterocycles. The molecule has 0 aliphatic carbocycles. The van der Waals surface area contributed by atoms with Gasteiger partial charge < -0.3 is 18.8 Å². The first-order valence-electron chi connectivity index (χ1n) is 13.2. The SMILES string of the molecule is CCC(=O)O[C@H](C)NP(=O)(N[C@@H](C)OC(=O)CC)c1ccc(Cn2c3ccc(OC)cc3c3ncccc32)cc1. The van der Waals surface area contributed by atoms with Crippen LogP contribution in [0.3, 0.4) is 0 Å². The molecule has 2 N–H and O–H groups in total. The summed E-state index contributed by atoms with van der Waals surface area (Å²) in [6.07, 6.45) is 0.459. The van der Waals surface area contributed by atoms with E-state index in [1.165, 1.54) is 0 Å². The van der Waals surface area contributed by atoms with Crippen molar-refractivity contribution < 1.29 is 28.4 Å². The van der Waals surface area contributed by atoms with Crippen LogP contribution in [0, 0.1) is 0 Å². The standard InChI is InChI=1S/C29H35N4O6P/c1-6-27(34)38-19(3)31-40(36,32-20(4)39-28(35)7-2)23-13-10-21(11-14-23)18-33-25-15-12-22(37-5)17-24(25)29-26(33)9-8-16-30-29/h8-17,19-20H,6-7,18H2,1-5H3,(H2,31,32,36)/t19-,20-/m1/s1. The van der Waals surface area contributed by atoms with Gasteiger partial charge in [-0.25, -0.2) is 10.2 Å². The van der Waals surface area contributed by atoms with Crippen molar-refractivity contribution in [2.24, 2.45) is 0 Å². The van der Waals surface area contributed by atoms with E-state index in [1.54, 1.807) is 53.1 Å². The van der Waals surface area contributed by atoms with Crippen molar-refractivity contribution in [2.45, 2.75) is 59.5 Å². The molecule has 0 aliphatic rings. The summed E-state index contributed by atoms with van der Waals surface area (Å²) in [5, 5.41) is 7.26. The zero-order chi connectivity index (χ0) is 28.9. The number of ether oxygens (including phenoxy) is 3. The van der Waals surface area contributed by atoms with Crippen LogP contribution in [-0.2, 0) is 30.2 Å². The van der Waals surface area contributed by atoms with Gasteiger partial charge in [-0.1, -0.05) is 26.0 Å². The minimum absolute atomic E-state index is 0.189. The molecule has 0 radical (unpaired) electrons. The van der Waals surface area contributed by atoms with Crippen LogP contribution in [0.15, 0.2) is 60.8 Å². The summed E-state index contributed by atoms with van der Waals surface area (Å²) in [4.78, 5) is 28.2. The number of hydrogen-bond donors (Lipinski definition) is 2. The number of benzene rings is 2. The predicted octanol–water partition coefficient (Wildman–Crippen LogP) is 4.84. The zero-order valence-corrected chi connectivity index (χ0v) is 24.2. The normalized spacial score (nSPS) is 13.2. The number of nitrogens with one attached hydrogen (secondary N) is 2. The molecule has 0 spiro atoms. The molecule has 40 heavy (non-hydrogen) atoms. The average Bonchev–Trinajstić information content (AvgIpc) is 3.25. The van der Waals surface area contributed by atoms with E-state index >= 15 is 0 Å². The molecule has 0 unspecified atom stereocenters. The smallest absolute Gasteiger partial charge is 0.307 e. The maximum Gasteiger partial charge on any atom is 0.307 e. The van der Waals surface area contributed by atoms with Gasteiger partial charge in [0.15, 0.2) is 12.5 Å². The van der Waals surface area contributed by atoms with E-state index in [1.807, 2.05) is 42.5 Å². The Balaban J connectivity index is 1.64. The van der Waals surface area contributed by atoms with Crippen molar-refractivity contribution in [3.8, 4) is 5.75 Å². The van der Waals surface area contributed by atoms with Gasteiger partial charge in [-0.2, -0.15) is 0 Å². The molecule has 11 heteroatoms. The first-order valence-corrected chi connectivity index (χ1v) is 14.9. The molecule has 212 valence electrons. The minimum Gasteiger partial charge on any atom is -0.497 e. The molecule has 0 bridgehead atoms.